The first-order chi connectivity index (χ1) is 10.7. The Hall–Kier alpha value is -3.22. The summed E-state index contributed by atoms with van der Waals surface area (Å²) in [6.45, 7) is 0. The number of nitro groups is 1. The van der Waals surface area contributed by atoms with Gasteiger partial charge in [-0.25, -0.2) is 4.68 Å². The van der Waals surface area contributed by atoms with Crippen LogP contribution in [0, 0.1) is 10.1 Å². The van der Waals surface area contributed by atoms with E-state index in [-0.39, 0.29) is 5.69 Å². The van der Waals surface area contributed by atoms with Crippen molar-refractivity contribution in [3.8, 4) is 22.7 Å². The van der Waals surface area contributed by atoms with Gasteiger partial charge in [-0.05, 0) is 12.1 Å². The highest BCUT2D eigenvalue weighted by molar-refractivity contribution is 5.61. The standard InChI is InChI=1S/C15H12N4O3/c1-22-14-7-3-5-12(9-14)18-10-15(16-17-18)11-4-2-6-13(8-11)19(20)21/h2-10H,1H3. The largest absolute Gasteiger partial charge is 0.497 e. The summed E-state index contributed by atoms with van der Waals surface area (Å²) in [5.74, 6) is 0.713. The van der Waals surface area contributed by atoms with Crippen molar-refractivity contribution < 1.29 is 9.66 Å². The van der Waals surface area contributed by atoms with Gasteiger partial charge in [0.2, 0.25) is 0 Å². The number of benzene rings is 2. The first kappa shape index (κ1) is 13.7. The Morgan fingerprint density at radius 2 is 2.00 bits per heavy atom. The molecule has 22 heavy (non-hydrogen) atoms. The number of nitrogens with zero attached hydrogens (tertiary/aromatic N) is 4. The van der Waals surface area contributed by atoms with Crippen LogP contribution in [0.4, 0.5) is 5.69 Å². The van der Waals surface area contributed by atoms with E-state index in [0.717, 1.165) is 5.69 Å². The smallest absolute Gasteiger partial charge is 0.270 e. The van der Waals surface area contributed by atoms with Crippen molar-refractivity contribution in [3.63, 3.8) is 0 Å². The second kappa shape index (κ2) is 5.65. The zero-order valence-electron chi connectivity index (χ0n) is 11.7. The van der Waals surface area contributed by atoms with Gasteiger partial charge in [0.25, 0.3) is 5.69 Å². The number of methoxy groups -OCH3 is 1. The fourth-order valence-electron chi connectivity index (χ4n) is 2.05. The summed E-state index contributed by atoms with van der Waals surface area (Å²) in [5, 5.41) is 19.0. The van der Waals surface area contributed by atoms with Crippen LogP contribution in [0.1, 0.15) is 0 Å². The molecule has 0 N–H and O–H groups in total. The molecule has 0 unspecified atom stereocenters. The average molecular weight is 296 g/mol. The highest BCUT2D eigenvalue weighted by atomic mass is 16.6. The van der Waals surface area contributed by atoms with Gasteiger partial charge in [-0.3, -0.25) is 10.1 Å². The minimum absolute atomic E-state index is 0.0217. The van der Waals surface area contributed by atoms with Crippen LogP contribution in [-0.2, 0) is 0 Å². The summed E-state index contributed by atoms with van der Waals surface area (Å²) in [5.41, 5.74) is 2.02. The summed E-state index contributed by atoms with van der Waals surface area (Å²) in [4.78, 5) is 10.4. The molecule has 1 aromatic heterocycles. The average Bonchev–Trinajstić information content (AvgIpc) is 3.05. The molecule has 7 heteroatoms. The van der Waals surface area contributed by atoms with Crippen LogP contribution in [0.15, 0.2) is 54.7 Å². The van der Waals surface area contributed by atoms with Crippen LogP contribution < -0.4 is 4.74 Å². The van der Waals surface area contributed by atoms with E-state index in [2.05, 4.69) is 10.3 Å². The maximum Gasteiger partial charge on any atom is 0.270 e. The molecule has 0 atom stereocenters. The van der Waals surface area contributed by atoms with Gasteiger partial charge in [0.1, 0.15) is 11.4 Å². The summed E-state index contributed by atoms with van der Waals surface area (Å²) >= 11 is 0. The van der Waals surface area contributed by atoms with Gasteiger partial charge in [-0.2, -0.15) is 0 Å². The topological polar surface area (TPSA) is 83.1 Å². The van der Waals surface area contributed by atoms with E-state index in [9.17, 15) is 10.1 Å². The number of hydrogen-bond acceptors (Lipinski definition) is 5. The predicted octanol–water partition coefficient (Wildman–Crippen LogP) is 2.85. The second-order valence-corrected chi connectivity index (χ2v) is 4.56. The number of nitro benzene ring substituents is 1. The van der Waals surface area contributed by atoms with Crippen LogP contribution in [0.25, 0.3) is 16.9 Å². The normalized spacial score (nSPS) is 10.4. The van der Waals surface area contributed by atoms with E-state index in [1.165, 1.54) is 12.1 Å². The molecule has 0 aliphatic rings. The molecule has 1 heterocycles. The van der Waals surface area contributed by atoms with Gasteiger partial charge in [0.15, 0.2) is 0 Å². The maximum atomic E-state index is 10.8. The molecule has 110 valence electrons. The number of hydrogen-bond donors (Lipinski definition) is 0. The number of rotatable bonds is 4. The van der Waals surface area contributed by atoms with Crippen LogP contribution >= 0.6 is 0 Å². The van der Waals surface area contributed by atoms with E-state index in [1.807, 2.05) is 24.3 Å². The highest BCUT2D eigenvalue weighted by Gasteiger charge is 2.10. The molecule has 0 aliphatic carbocycles. The molecular formula is C15H12N4O3. The molecule has 0 bridgehead atoms. The van der Waals surface area contributed by atoms with Crippen molar-refractivity contribution in [2.45, 2.75) is 0 Å². The SMILES string of the molecule is COc1cccc(-n2cc(-c3cccc([N+](=O)[O-])c3)nn2)c1. The molecule has 0 radical (unpaired) electrons. The van der Waals surface area contributed by atoms with E-state index < -0.39 is 4.92 Å². The lowest BCUT2D eigenvalue weighted by atomic mass is 10.1. The van der Waals surface area contributed by atoms with Crippen LogP contribution in [0.5, 0.6) is 5.75 Å². The Bertz CT molecular complexity index is 829. The van der Waals surface area contributed by atoms with Gasteiger partial charge < -0.3 is 4.74 Å². The molecule has 3 rings (SSSR count). The second-order valence-electron chi connectivity index (χ2n) is 4.56. The summed E-state index contributed by atoms with van der Waals surface area (Å²) in [7, 11) is 1.59. The lowest BCUT2D eigenvalue weighted by Gasteiger charge is -2.03. The van der Waals surface area contributed by atoms with Crippen LogP contribution in [0.2, 0.25) is 0 Å². The van der Waals surface area contributed by atoms with Crippen molar-refractivity contribution in [1.29, 1.82) is 0 Å². The van der Waals surface area contributed by atoms with Gasteiger partial charge in [0.05, 0.1) is 23.9 Å². The number of aromatic nitrogens is 3. The Morgan fingerprint density at radius 3 is 2.77 bits per heavy atom. The van der Waals surface area contributed by atoms with Crippen molar-refractivity contribution >= 4 is 5.69 Å². The maximum absolute atomic E-state index is 10.8. The van der Waals surface area contributed by atoms with Crippen molar-refractivity contribution in [1.82, 2.24) is 15.0 Å². The molecule has 0 amide bonds. The minimum atomic E-state index is -0.435. The number of non-ortho nitro benzene ring substituents is 1. The fourth-order valence-corrected chi connectivity index (χ4v) is 2.05. The predicted molar refractivity (Wildman–Crippen MR) is 80.0 cm³/mol. The molecular weight excluding hydrogens is 284 g/mol. The number of ether oxygens (including phenoxy) is 1. The van der Waals surface area contributed by atoms with Crippen LogP contribution in [0.3, 0.4) is 0 Å². The summed E-state index contributed by atoms with van der Waals surface area (Å²) < 4.78 is 6.77. The Morgan fingerprint density at radius 1 is 1.18 bits per heavy atom. The lowest BCUT2D eigenvalue weighted by Crippen LogP contribution is -1.95. The van der Waals surface area contributed by atoms with E-state index >= 15 is 0 Å². The Labute approximate surface area is 125 Å². The first-order valence-corrected chi connectivity index (χ1v) is 6.49. The molecule has 0 saturated heterocycles. The van der Waals surface area contributed by atoms with Crippen LogP contribution in [-0.4, -0.2) is 27.0 Å². The van der Waals surface area contributed by atoms with Crippen molar-refractivity contribution in [2.24, 2.45) is 0 Å². The molecule has 0 fully saturated rings. The molecule has 0 saturated carbocycles. The highest BCUT2D eigenvalue weighted by Crippen LogP contribution is 2.23. The third-order valence-electron chi connectivity index (χ3n) is 3.16. The fraction of sp³-hybridized carbons (Fsp3) is 0.0667. The molecule has 2 aromatic carbocycles. The molecule has 0 spiro atoms. The van der Waals surface area contributed by atoms with Gasteiger partial charge in [-0.15, -0.1) is 5.10 Å². The summed E-state index contributed by atoms with van der Waals surface area (Å²) in [6.07, 6.45) is 1.72. The van der Waals surface area contributed by atoms with Gasteiger partial charge in [0, 0.05) is 23.8 Å². The monoisotopic (exact) mass is 296 g/mol. The Balaban J connectivity index is 1.96. The van der Waals surface area contributed by atoms with Crippen molar-refractivity contribution in [2.75, 3.05) is 7.11 Å². The molecule has 0 aliphatic heterocycles. The third kappa shape index (κ3) is 2.64. The van der Waals surface area contributed by atoms with E-state index in [0.29, 0.717) is 17.0 Å². The Kier molecular flexibility index (Phi) is 3.53. The third-order valence-corrected chi connectivity index (χ3v) is 3.16. The molecule has 7 nitrogen and oxygen atoms in total. The van der Waals surface area contributed by atoms with E-state index in [4.69, 9.17) is 4.74 Å². The quantitative estimate of drug-likeness (QED) is 0.546. The zero-order valence-corrected chi connectivity index (χ0v) is 11.7. The summed E-state index contributed by atoms with van der Waals surface area (Å²) in [6, 6.07) is 13.7. The molecule has 3 aromatic rings. The first-order valence-electron chi connectivity index (χ1n) is 6.49. The van der Waals surface area contributed by atoms with Gasteiger partial charge in [-0.1, -0.05) is 23.4 Å². The van der Waals surface area contributed by atoms with E-state index in [1.54, 1.807) is 30.1 Å². The van der Waals surface area contributed by atoms with Crippen molar-refractivity contribution in [3.05, 3.63) is 64.8 Å². The van der Waals surface area contributed by atoms with Gasteiger partial charge >= 0.3 is 0 Å². The zero-order chi connectivity index (χ0) is 15.5. The lowest BCUT2D eigenvalue weighted by molar-refractivity contribution is -0.384. The minimum Gasteiger partial charge on any atom is -0.497 e.